The summed E-state index contributed by atoms with van der Waals surface area (Å²) in [6.45, 7) is 8.57. The van der Waals surface area contributed by atoms with E-state index in [1.165, 1.54) is 33.2 Å². The molecule has 1 aliphatic heterocycles. The minimum Gasteiger partial charge on any atom is -0.497 e. The largest absolute Gasteiger partial charge is 0.497 e. The topological polar surface area (TPSA) is 48.6 Å². The highest BCUT2D eigenvalue weighted by atomic mass is 16.5. The Morgan fingerprint density at radius 3 is 2.76 bits per heavy atom. The Hall–Kier alpha value is -3.05. The number of aromatic amines is 1. The van der Waals surface area contributed by atoms with Crippen molar-refractivity contribution in [2.24, 2.45) is 5.92 Å². The second-order valence-electron chi connectivity index (χ2n) is 9.15. The molecule has 33 heavy (non-hydrogen) atoms. The van der Waals surface area contributed by atoms with Crippen LogP contribution in [0.25, 0.3) is 16.5 Å². The first kappa shape index (κ1) is 21.8. The van der Waals surface area contributed by atoms with Crippen LogP contribution in [0.1, 0.15) is 43.5 Å². The van der Waals surface area contributed by atoms with Gasteiger partial charge in [0.1, 0.15) is 5.75 Å². The van der Waals surface area contributed by atoms with Gasteiger partial charge in [-0.2, -0.15) is 0 Å². The average molecular weight is 444 g/mol. The van der Waals surface area contributed by atoms with Gasteiger partial charge in [0.15, 0.2) is 0 Å². The maximum absolute atomic E-state index is 13.5. The van der Waals surface area contributed by atoms with Gasteiger partial charge in [-0.1, -0.05) is 30.3 Å². The number of H-pyrrole nitrogens is 1. The molecular formula is C28H33N3O2. The zero-order valence-corrected chi connectivity index (χ0v) is 20.0. The van der Waals surface area contributed by atoms with Crippen molar-refractivity contribution in [3.63, 3.8) is 0 Å². The lowest BCUT2D eigenvalue weighted by atomic mass is 9.78. The lowest BCUT2D eigenvalue weighted by Gasteiger charge is -2.45. The maximum atomic E-state index is 13.5. The van der Waals surface area contributed by atoms with E-state index < -0.39 is 0 Å². The first-order chi connectivity index (χ1) is 16.0. The van der Waals surface area contributed by atoms with Crippen molar-refractivity contribution in [3.8, 4) is 5.75 Å². The van der Waals surface area contributed by atoms with E-state index in [1.807, 2.05) is 11.0 Å². The summed E-state index contributed by atoms with van der Waals surface area (Å²) in [6.07, 6.45) is 5.38. The number of hydrogen-bond donors (Lipinski definition) is 1. The number of methoxy groups -OCH3 is 1. The highest BCUT2D eigenvalue weighted by Crippen LogP contribution is 2.44. The van der Waals surface area contributed by atoms with Crippen LogP contribution in [0.15, 0.2) is 54.7 Å². The molecule has 0 saturated carbocycles. The van der Waals surface area contributed by atoms with Crippen molar-refractivity contribution >= 4 is 22.4 Å². The lowest BCUT2D eigenvalue weighted by molar-refractivity contribution is -0.134. The van der Waals surface area contributed by atoms with Gasteiger partial charge >= 0.3 is 0 Å². The van der Waals surface area contributed by atoms with Crippen molar-refractivity contribution < 1.29 is 9.53 Å². The molecule has 0 spiro atoms. The van der Waals surface area contributed by atoms with E-state index in [0.717, 1.165) is 31.8 Å². The number of ether oxygens (including phenoxy) is 1. The van der Waals surface area contributed by atoms with E-state index in [0.29, 0.717) is 0 Å². The van der Waals surface area contributed by atoms with Gasteiger partial charge in [-0.3, -0.25) is 9.69 Å². The number of aromatic nitrogens is 1. The second kappa shape index (κ2) is 8.71. The normalized spacial score (nSPS) is 20.8. The van der Waals surface area contributed by atoms with Gasteiger partial charge in [0.2, 0.25) is 5.91 Å². The second-order valence-corrected chi connectivity index (χ2v) is 9.15. The third kappa shape index (κ3) is 3.65. The fraction of sp³-hybridized carbons (Fsp3) is 0.393. The average Bonchev–Trinajstić information content (AvgIpc) is 3.28. The molecule has 0 fully saturated rings. The van der Waals surface area contributed by atoms with Gasteiger partial charge in [-0.15, -0.1) is 0 Å². The van der Waals surface area contributed by atoms with Crippen molar-refractivity contribution in [1.29, 1.82) is 0 Å². The summed E-state index contributed by atoms with van der Waals surface area (Å²) in [5, 5.41) is 1.31. The summed E-state index contributed by atoms with van der Waals surface area (Å²) in [7, 11) is 1.71. The monoisotopic (exact) mass is 443 g/mol. The smallest absolute Gasteiger partial charge is 0.230 e. The van der Waals surface area contributed by atoms with E-state index in [2.05, 4.69) is 79.3 Å². The van der Waals surface area contributed by atoms with Crippen molar-refractivity contribution in [2.75, 3.05) is 26.7 Å². The molecule has 2 aliphatic rings. The van der Waals surface area contributed by atoms with Crippen LogP contribution in [0, 0.1) is 5.92 Å². The van der Waals surface area contributed by atoms with E-state index >= 15 is 0 Å². The molecule has 2 heterocycles. The molecule has 3 aromatic rings. The first-order valence-electron chi connectivity index (χ1n) is 12.0. The molecule has 3 atom stereocenters. The number of carbonyl (C=O) groups is 1. The van der Waals surface area contributed by atoms with Crippen LogP contribution in [-0.4, -0.2) is 53.5 Å². The standard InChI is InChI=1S/C28H33N3O2/c1-5-30(6-2)28(32)21-14-24-23-11-8-12-25-27(23)20(16-29-25)15-26(24)31(17-21)18(3)19-9-7-10-22(13-19)33-4/h7-14,16,18,21,26,29H,5-6,15,17H2,1-4H3/t18?,21-,26-/m1/s1. The summed E-state index contributed by atoms with van der Waals surface area (Å²) >= 11 is 0. The van der Waals surface area contributed by atoms with E-state index in [-0.39, 0.29) is 23.9 Å². The molecule has 0 saturated heterocycles. The van der Waals surface area contributed by atoms with Crippen molar-refractivity contribution in [1.82, 2.24) is 14.8 Å². The van der Waals surface area contributed by atoms with Gasteiger partial charge in [0.25, 0.3) is 0 Å². The molecule has 172 valence electrons. The minimum atomic E-state index is -0.153. The number of carbonyl (C=O) groups excluding carboxylic acids is 1. The van der Waals surface area contributed by atoms with Crippen LogP contribution in [0.4, 0.5) is 0 Å². The molecule has 5 heteroatoms. The molecule has 1 amide bonds. The Labute approximate surface area is 196 Å². The van der Waals surface area contributed by atoms with E-state index in [4.69, 9.17) is 4.74 Å². The number of rotatable bonds is 6. The number of fused-ring (bicyclic) bond motifs is 2. The van der Waals surface area contributed by atoms with Crippen LogP contribution < -0.4 is 4.74 Å². The number of hydrogen-bond acceptors (Lipinski definition) is 3. The molecule has 1 aromatic heterocycles. The van der Waals surface area contributed by atoms with Crippen molar-refractivity contribution in [3.05, 3.63) is 71.4 Å². The van der Waals surface area contributed by atoms with Crippen LogP contribution in [0.5, 0.6) is 5.75 Å². The summed E-state index contributed by atoms with van der Waals surface area (Å²) in [5.41, 5.74) is 6.30. The minimum absolute atomic E-state index is 0.153. The lowest BCUT2D eigenvalue weighted by Crippen LogP contribution is -2.50. The molecule has 5 rings (SSSR count). The van der Waals surface area contributed by atoms with Crippen LogP contribution >= 0.6 is 0 Å². The Morgan fingerprint density at radius 1 is 1.21 bits per heavy atom. The van der Waals surface area contributed by atoms with Gasteiger partial charge in [-0.05, 0) is 67.7 Å². The van der Waals surface area contributed by atoms with Crippen molar-refractivity contribution in [2.45, 2.75) is 39.3 Å². The number of benzene rings is 2. The van der Waals surface area contributed by atoms with Gasteiger partial charge in [-0.25, -0.2) is 0 Å². The summed E-state index contributed by atoms with van der Waals surface area (Å²) < 4.78 is 5.50. The fourth-order valence-corrected chi connectivity index (χ4v) is 5.72. The fourth-order valence-electron chi connectivity index (χ4n) is 5.72. The molecule has 1 N–H and O–H groups in total. The van der Waals surface area contributed by atoms with Gasteiger partial charge < -0.3 is 14.6 Å². The van der Waals surface area contributed by atoms with E-state index in [1.54, 1.807) is 7.11 Å². The Bertz CT molecular complexity index is 1210. The number of nitrogens with zero attached hydrogens (tertiary/aromatic N) is 2. The third-order valence-electron chi connectivity index (χ3n) is 7.53. The summed E-state index contributed by atoms with van der Waals surface area (Å²) in [5.74, 6) is 0.935. The van der Waals surface area contributed by atoms with Crippen LogP contribution in [-0.2, 0) is 11.2 Å². The quantitative estimate of drug-likeness (QED) is 0.580. The zero-order chi connectivity index (χ0) is 23.1. The highest BCUT2D eigenvalue weighted by molar-refractivity contribution is 5.99. The summed E-state index contributed by atoms with van der Waals surface area (Å²) in [4.78, 5) is 21.5. The number of amides is 1. The maximum Gasteiger partial charge on any atom is 0.230 e. The Kier molecular flexibility index (Phi) is 5.75. The predicted octanol–water partition coefficient (Wildman–Crippen LogP) is 5.05. The molecule has 0 radical (unpaired) electrons. The molecule has 1 unspecified atom stereocenters. The molecule has 2 aromatic carbocycles. The first-order valence-corrected chi connectivity index (χ1v) is 12.0. The number of nitrogens with one attached hydrogen (secondary N) is 1. The third-order valence-corrected chi connectivity index (χ3v) is 7.53. The van der Waals surface area contributed by atoms with E-state index in [9.17, 15) is 4.79 Å². The zero-order valence-electron chi connectivity index (χ0n) is 20.0. The summed E-state index contributed by atoms with van der Waals surface area (Å²) in [6, 6.07) is 15.2. The Morgan fingerprint density at radius 2 is 2.00 bits per heavy atom. The molecule has 1 aliphatic carbocycles. The SMILES string of the molecule is CCN(CC)C(=O)[C@@H]1C=C2c3cccc4[nH]cc(c34)C[C@H]2N(C(C)c2cccc(OC)c2)C1. The van der Waals surface area contributed by atoms with Gasteiger partial charge in [0.05, 0.1) is 13.0 Å². The molecule has 0 bridgehead atoms. The van der Waals surface area contributed by atoms with Crippen LogP contribution in [0.3, 0.4) is 0 Å². The Balaban J connectivity index is 1.61. The predicted molar refractivity (Wildman–Crippen MR) is 133 cm³/mol. The highest BCUT2D eigenvalue weighted by Gasteiger charge is 2.40. The van der Waals surface area contributed by atoms with Gasteiger partial charge in [0, 0.05) is 48.8 Å². The molecule has 5 nitrogen and oxygen atoms in total. The van der Waals surface area contributed by atoms with Crippen LogP contribution in [0.2, 0.25) is 0 Å². The molecular weight excluding hydrogens is 410 g/mol.